The molecule has 1 aliphatic heterocycles. The van der Waals surface area contributed by atoms with E-state index in [1.807, 2.05) is 30.3 Å². The summed E-state index contributed by atoms with van der Waals surface area (Å²) >= 11 is 1.58. The minimum Gasteiger partial charge on any atom is -0.496 e. The number of aliphatic hydroxyl groups is 1. The third kappa shape index (κ3) is 7.86. The molecule has 1 N–H and O–H groups in total. The van der Waals surface area contributed by atoms with Gasteiger partial charge < -0.3 is 19.1 Å². The average Bonchev–Trinajstić information content (AvgIpc) is 3.43. The van der Waals surface area contributed by atoms with Crippen molar-refractivity contribution in [1.82, 2.24) is 9.47 Å². The molecule has 2 heterocycles. The number of piperidine rings is 1. The van der Waals surface area contributed by atoms with Crippen LogP contribution in [0, 0.1) is 10.1 Å². The minimum absolute atomic E-state index is 0.100. The number of hydrogen-bond donors (Lipinski definition) is 1. The van der Waals surface area contributed by atoms with Crippen molar-refractivity contribution in [2.24, 2.45) is 0 Å². The van der Waals surface area contributed by atoms with E-state index >= 15 is 0 Å². The molecule has 0 spiro atoms. The number of nitrogens with zero attached hydrogens (tertiary/aromatic N) is 3. The van der Waals surface area contributed by atoms with Gasteiger partial charge in [0.25, 0.3) is 5.69 Å². The van der Waals surface area contributed by atoms with Crippen LogP contribution in [0.5, 0.6) is 5.75 Å². The Morgan fingerprint density at radius 3 is 2.48 bits per heavy atom. The maximum absolute atomic E-state index is 14.9. The molecule has 1 saturated heterocycles. The molecule has 3 aromatic carbocycles. The zero-order valence-electron chi connectivity index (χ0n) is 26.5. The lowest BCUT2D eigenvalue weighted by Gasteiger charge is -2.39. The van der Waals surface area contributed by atoms with Gasteiger partial charge in [-0.25, -0.2) is 4.79 Å². The molecule has 0 amide bonds. The molecular weight excluding hydrogens is 647 g/mol. The number of likely N-dealkylation sites (tertiary alicyclic amines) is 1. The van der Waals surface area contributed by atoms with Gasteiger partial charge in [-0.2, -0.15) is 13.2 Å². The van der Waals surface area contributed by atoms with Crippen molar-refractivity contribution >= 4 is 40.4 Å². The van der Waals surface area contributed by atoms with Crippen molar-refractivity contribution in [2.75, 3.05) is 33.4 Å². The first-order chi connectivity index (χ1) is 22.9. The van der Waals surface area contributed by atoms with Gasteiger partial charge in [-0.1, -0.05) is 36.4 Å². The van der Waals surface area contributed by atoms with Gasteiger partial charge in [0.05, 0.1) is 24.2 Å². The second kappa shape index (κ2) is 14.8. The quantitative estimate of drug-likeness (QED) is 0.0724. The molecule has 9 nitrogen and oxygen atoms in total. The number of β-amino-alcohol motifs (C(OH)–C–C–N with tert-alkyl or cyclic N) is 1. The number of esters is 1. The number of thioether (sulfide) groups is 1. The number of alkyl halides is 3. The fraction of sp³-hybridized carbons (Fsp3) is 0.343. The molecule has 0 saturated carbocycles. The maximum atomic E-state index is 14.9. The smallest absolute Gasteiger partial charge is 0.422 e. The molecule has 1 aliphatic rings. The molecule has 13 heteroatoms. The Kier molecular flexibility index (Phi) is 10.8. The van der Waals surface area contributed by atoms with E-state index in [9.17, 15) is 33.2 Å². The van der Waals surface area contributed by atoms with Gasteiger partial charge in [0, 0.05) is 58.6 Å². The van der Waals surface area contributed by atoms with E-state index in [1.165, 1.54) is 29.0 Å². The number of benzene rings is 3. The Bertz CT molecular complexity index is 1790. The second-order valence-electron chi connectivity index (χ2n) is 11.6. The van der Waals surface area contributed by atoms with E-state index < -0.39 is 29.2 Å². The average molecular weight is 684 g/mol. The summed E-state index contributed by atoms with van der Waals surface area (Å²) in [7, 11) is 1.55. The Balaban J connectivity index is 1.34. The van der Waals surface area contributed by atoms with Crippen LogP contribution in [-0.2, 0) is 21.7 Å². The van der Waals surface area contributed by atoms with E-state index in [1.54, 1.807) is 55.0 Å². The van der Waals surface area contributed by atoms with Crippen LogP contribution in [0.25, 0.3) is 17.0 Å². The SMILES string of the molecule is CCOC(=O)/C=C/c1ccc(SC2CCN(CC(O)(c3cn(Cc4ccccc4)c4cc([N+](=O)[O-])ccc34)C(F)(F)F)CC2)c(OC)c1. The fourth-order valence-corrected chi connectivity index (χ4v) is 7.10. The summed E-state index contributed by atoms with van der Waals surface area (Å²) in [6, 6.07) is 18.3. The highest BCUT2D eigenvalue weighted by Gasteiger charge is 2.57. The van der Waals surface area contributed by atoms with E-state index in [0.29, 0.717) is 31.7 Å². The number of fused-ring (bicyclic) bond motifs is 1. The lowest BCUT2D eigenvalue weighted by Crippen LogP contribution is -2.52. The molecule has 4 aromatic rings. The third-order valence-electron chi connectivity index (χ3n) is 8.35. The first-order valence-corrected chi connectivity index (χ1v) is 16.3. The van der Waals surface area contributed by atoms with Gasteiger partial charge in [0.15, 0.2) is 0 Å². The number of rotatable bonds is 12. The van der Waals surface area contributed by atoms with Crippen molar-refractivity contribution in [1.29, 1.82) is 0 Å². The van der Waals surface area contributed by atoms with Crippen LogP contribution in [0.15, 0.2) is 83.9 Å². The standard InChI is InChI=1S/C35H36F3N3O6S/c1-3-47-33(42)14-10-24-9-13-32(31(19-24)46-2)48-27-15-17-39(18-16-27)23-34(43,35(36,37)38)29-22-40(21-25-7-5-4-6-8-25)30-20-26(41(44)45)11-12-28(29)30/h4-14,19-20,22,27,43H,3,15-18,21,23H2,1-2H3/b14-10+. The predicted octanol–water partition coefficient (Wildman–Crippen LogP) is 7.19. The molecular formula is C35H36F3N3O6S. The summed E-state index contributed by atoms with van der Waals surface area (Å²) in [6.07, 6.45) is 0.379. The maximum Gasteiger partial charge on any atom is 0.422 e. The summed E-state index contributed by atoms with van der Waals surface area (Å²) in [5.74, 6) is 0.174. The molecule has 0 radical (unpaired) electrons. The van der Waals surface area contributed by atoms with Crippen LogP contribution in [-0.4, -0.2) is 70.2 Å². The number of ether oxygens (including phenoxy) is 2. The highest BCUT2D eigenvalue weighted by molar-refractivity contribution is 8.00. The van der Waals surface area contributed by atoms with E-state index in [4.69, 9.17) is 9.47 Å². The number of halogens is 3. The summed E-state index contributed by atoms with van der Waals surface area (Å²) in [5, 5.41) is 23.3. The monoisotopic (exact) mass is 683 g/mol. The number of nitro benzene ring substituents is 1. The summed E-state index contributed by atoms with van der Waals surface area (Å²) < 4.78 is 56.7. The van der Waals surface area contributed by atoms with Gasteiger partial charge >= 0.3 is 12.1 Å². The third-order valence-corrected chi connectivity index (χ3v) is 9.75. The van der Waals surface area contributed by atoms with Crippen molar-refractivity contribution < 1.29 is 37.5 Å². The number of carbonyl (C=O) groups excluding carboxylic acids is 1. The normalized spacial score (nSPS) is 15.9. The van der Waals surface area contributed by atoms with Crippen molar-refractivity contribution in [3.63, 3.8) is 0 Å². The highest BCUT2D eigenvalue weighted by atomic mass is 32.2. The number of non-ortho nitro benzene ring substituents is 1. The van der Waals surface area contributed by atoms with Gasteiger partial charge in [-0.05, 0) is 68.3 Å². The highest BCUT2D eigenvalue weighted by Crippen LogP contribution is 2.45. The van der Waals surface area contributed by atoms with Crippen LogP contribution in [0.1, 0.15) is 36.5 Å². The van der Waals surface area contributed by atoms with Gasteiger partial charge in [0.2, 0.25) is 5.60 Å². The lowest BCUT2D eigenvalue weighted by atomic mass is 9.91. The minimum atomic E-state index is -5.02. The second-order valence-corrected chi connectivity index (χ2v) is 12.9. The Hall–Kier alpha value is -4.33. The van der Waals surface area contributed by atoms with Crippen LogP contribution < -0.4 is 4.74 Å². The van der Waals surface area contributed by atoms with Crippen LogP contribution in [0.4, 0.5) is 18.9 Å². The van der Waals surface area contributed by atoms with Gasteiger partial charge in [0.1, 0.15) is 5.75 Å². The fourth-order valence-electron chi connectivity index (χ4n) is 5.89. The molecule has 48 heavy (non-hydrogen) atoms. The van der Waals surface area contributed by atoms with Gasteiger partial charge in [-0.3, -0.25) is 15.0 Å². The zero-order chi connectivity index (χ0) is 34.5. The van der Waals surface area contributed by atoms with Crippen molar-refractivity contribution in [3.05, 3.63) is 106 Å². The number of methoxy groups -OCH3 is 1. The Morgan fingerprint density at radius 2 is 1.83 bits per heavy atom. The van der Waals surface area contributed by atoms with Crippen molar-refractivity contribution in [3.8, 4) is 5.75 Å². The lowest BCUT2D eigenvalue weighted by molar-refractivity contribution is -0.384. The first kappa shape index (κ1) is 35.0. The Labute approximate surface area is 280 Å². The van der Waals surface area contributed by atoms with Crippen LogP contribution in [0.3, 0.4) is 0 Å². The molecule has 254 valence electrons. The Morgan fingerprint density at radius 1 is 1.10 bits per heavy atom. The molecule has 0 aliphatic carbocycles. The zero-order valence-corrected chi connectivity index (χ0v) is 27.3. The van der Waals surface area contributed by atoms with E-state index in [2.05, 4.69) is 0 Å². The molecule has 1 atom stereocenters. The number of carbonyl (C=O) groups is 1. The topological polar surface area (TPSA) is 107 Å². The predicted molar refractivity (Wildman–Crippen MR) is 178 cm³/mol. The summed E-state index contributed by atoms with van der Waals surface area (Å²) in [5.41, 5.74) is -2.03. The number of nitro groups is 1. The van der Waals surface area contributed by atoms with Crippen molar-refractivity contribution in [2.45, 2.75) is 48.2 Å². The van der Waals surface area contributed by atoms with E-state index in [-0.39, 0.29) is 40.6 Å². The number of aromatic nitrogens is 1. The van der Waals surface area contributed by atoms with Gasteiger partial charge in [-0.15, -0.1) is 11.8 Å². The molecule has 0 bridgehead atoms. The molecule has 1 unspecified atom stereocenters. The van der Waals surface area contributed by atoms with Crippen LogP contribution >= 0.6 is 11.8 Å². The molecule has 5 rings (SSSR count). The van der Waals surface area contributed by atoms with E-state index in [0.717, 1.165) is 22.1 Å². The first-order valence-electron chi connectivity index (χ1n) is 15.4. The molecule has 1 fully saturated rings. The number of hydrogen-bond acceptors (Lipinski definition) is 8. The summed E-state index contributed by atoms with van der Waals surface area (Å²) in [6.45, 7) is 2.15. The largest absolute Gasteiger partial charge is 0.496 e. The summed E-state index contributed by atoms with van der Waals surface area (Å²) in [4.78, 5) is 25.1. The van der Waals surface area contributed by atoms with Crippen LogP contribution in [0.2, 0.25) is 0 Å². The molecule has 1 aromatic heterocycles.